The lowest BCUT2D eigenvalue weighted by molar-refractivity contribution is 0.111. The monoisotopic (exact) mass is 328 g/mol. The minimum atomic E-state index is -0.329. The van der Waals surface area contributed by atoms with Crippen LogP contribution in [-0.4, -0.2) is 16.0 Å². The first kappa shape index (κ1) is 12.6. The average molecular weight is 329 g/mol. The Labute approximate surface area is 127 Å². The fraction of sp³-hybridized carbons (Fsp3) is 0.333. The Morgan fingerprint density at radius 3 is 1.65 bits per heavy atom. The zero-order valence-electron chi connectivity index (χ0n) is 11.3. The standard InChI is InChI=1S/C18H17BrO/c1-10-15-11-6-2-4-8-13(11)16(17(19)18(10)20)14-9-5-3-7-12(14)15/h2-10,15-18,20H,1H3/t10-,15?,16?,17+,18?/m1/s1. The summed E-state index contributed by atoms with van der Waals surface area (Å²) < 4.78 is 0. The van der Waals surface area contributed by atoms with Gasteiger partial charge in [0, 0.05) is 11.8 Å². The second-order valence-corrected chi connectivity index (χ2v) is 7.06. The third-order valence-corrected chi connectivity index (χ3v) is 6.11. The minimum absolute atomic E-state index is 0.0762. The molecule has 20 heavy (non-hydrogen) atoms. The van der Waals surface area contributed by atoms with Crippen molar-refractivity contribution >= 4 is 15.9 Å². The van der Waals surface area contributed by atoms with E-state index in [1.807, 2.05) is 0 Å². The smallest absolute Gasteiger partial charge is 0.0708 e. The van der Waals surface area contributed by atoms with Crippen LogP contribution in [0.1, 0.15) is 41.0 Å². The Hall–Kier alpha value is -1.12. The van der Waals surface area contributed by atoms with Crippen molar-refractivity contribution < 1.29 is 5.11 Å². The average Bonchev–Trinajstić information content (AvgIpc) is 2.62. The van der Waals surface area contributed by atoms with E-state index in [2.05, 4.69) is 71.4 Å². The first-order chi connectivity index (χ1) is 9.70. The van der Waals surface area contributed by atoms with Gasteiger partial charge in [-0.3, -0.25) is 0 Å². The van der Waals surface area contributed by atoms with Crippen molar-refractivity contribution in [2.24, 2.45) is 5.92 Å². The van der Waals surface area contributed by atoms with Crippen LogP contribution in [-0.2, 0) is 0 Å². The van der Waals surface area contributed by atoms with Crippen LogP contribution in [0.25, 0.3) is 0 Å². The molecule has 2 heteroatoms. The number of rotatable bonds is 0. The molecule has 3 aliphatic carbocycles. The molecule has 2 aromatic rings. The highest BCUT2D eigenvalue weighted by molar-refractivity contribution is 9.09. The van der Waals surface area contributed by atoms with Crippen LogP contribution in [0.5, 0.6) is 0 Å². The summed E-state index contributed by atoms with van der Waals surface area (Å²) in [4.78, 5) is 0.0762. The van der Waals surface area contributed by atoms with Crippen molar-refractivity contribution in [2.45, 2.75) is 29.7 Å². The van der Waals surface area contributed by atoms with Gasteiger partial charge >= 0.3 is 0 Å². The molecule has 0 radical (unpaired) electrons. The van der Waals surface area contributed by atoms with Crippen molar-refractivity contribution in [3.05, 3.63) is 70.8 Å². The van der Waals surface area contributed by atoms with E-state index in [-0.39, 0.29) is 22.8 Å². The molecule has 0 heterocycles. The first-order valence-electron chi connectivity index (χ1n) is 7.20. The van der Waals surface area contributed by atoms with Crippen LogP contribution in [0.2, 0.25) is 0 Å². The fourth-order valence-electron chi connectivity index (χ4n) is 4.08. The second-order valence-electron chi connectivity index (χ2n) is 6.01. The quantitative estimate of drug-likeness (QED) is 0.724. The van der Waals surface area contributed by atoms with Crippen LogP contribution in [0, 0.1) is 5.92 Å². The lowest BCUT2D eigenvalue weighted by Gasteiger charge is -2.32. The van der Waals surface area contributed by atoms with Gasteiger partial charge < -0.3 is 5.11 Å². The van der Waals surface area contributed by atoms with Gasteiger partial charge in [0.05, 0.1) is 10.9 Å². The normalized spacial score (nSPS) is 34.2. The van der Waals surface area contributed by atoms with E-state index in [4.69, 9.17) is 0 Å². The molecule has 3 aliphatic rings. The number of halogens is 1. The van der Waals surface area contributed by atoms with Gasteiger partial charge in [-0.25, -0.2) is 0 Å². The molecular weight excluding hydrogens is 312 g/mol. The molecule has 102 valence electrons. The summed E-state index contributed by atoms with van der Waals surface area (Å²) >= 11 is 3.79. The Kier molecular flexibility index (Phi) is 2.80. The highest BCUT2D eigenvalue weighted by Gasteiger charge is 2.46. The Morgan fingerprint density at radius 2 is 1.20 bits per heavy atom. The van der Waals surface area contributed by atoms with E-state index in [0.29, 0.717) is 5.92 Å². The third kappa shape index (κ3) is 1.52. The molecule has 0 saturated carbocycles. The van der Waals surface area contributed by atoms with Gasteiger partial charge in [0.1, 0.15) is 0 Å². The zero-order valence-corrected chi connectivity index (χ0v) is 12.9. The third-order valence-electron chi connectivity index (χ3n) is 5.04. The Morgan fingerprint density at radius 1 is 0.800 bits per heavy atom. The number of hydrogen-bond donors (Lipinski definition) is 1. The maximum absolute atomic E-state index is 10.7. The molecule has 0 saturated heterocycles. The largest absolute Gasteiger partial charge is 0.392 e. The Balaban J connectivity index is 2.07. The molecule has 2 aromatic carbocycles. The number of benzene rings is 2. The van der Waals surface area contributed by atoms with Gasteiger partial charge in [-0.1, -0.05) is 71.4 Å². The maximum Gasteiger partial charge on any atom is 0.0708 e. The summed E-state index contributed by atoms with van der Waals surface area (Å²) in [6, 6.07) is 17.4. The molecule has 1 unspecified atom stereocenters. The van der Waals surface area contributed by atoms with Gasteiger partial charge in [-0.05, 0) is 28.2 Å². The molecule has 3 atom stereocenters. The van der Waals surface area contributed by atoms with E-state index < -0.39 is 0 Å². The summed E-state index contributed by atoms with van der Waals surface area (Å²) in [6.07, 6.45) is -0.329. The van der Waals surface area contributed by atoms with E-state index >= 15 is 0 Å². The highest BCUT2D eigenvalue weighted by atomic mass is 79.9. The van der Waals surface area contributed by atoms with Gasteiger partial charge in [-0.15, -0.1) is 0 Å². The number of aliphatic hydroxyl groups is 1. The van der Waals surface area contributed by atoms with Gasteiger partial charge in [0.2, 0.25) is 0 Å². The van der Waals surface area contributed by atoms with Crippen LogP contribution in [0.3, 0.4) is 0 Å². The second kappa shape index (κ2) is 4.44. The van der Waals surface area contributed by atoms with E-state index in [0.717, 1.165) is 0 Å². The Bertz CT molecular complexity index is 562. The molecular formula is C18H17BrO. The summed E-state index contributed by atoms with van der Waals surface area (Å²) in [5, 5.41) is 10.7. The SMILES string of the molecule is C[C@@H]1C2c3ccccc3C(c3ccccc32)[C@H](Br)C1O. The van der Waals surface area contributed by atoms with E-state index in [9.17, 15) is 5.11 Å². The first-order valence-corrected chi connectivity index (χ1v) is 8.11. The summed E-state index contributed by atoms with van der Waals surface area (Å²) in [5.74, 6) is 0.768. The maximum atomic E-state index is 10.7. The lowest BCUT2D eigenvalue weighted by atomic mass is 9.72. The van der Waals surface area contributed by atoms with Crippen molar-refractivity contribution in [2.75, 3.05) is 0 Å². The van der Waals surface area contributed by atoms with Gasteiger partial charge in [0.15, 0.2) is 0 Å². The topological polar surface area (TPSA) is 20.2 Å². The number of aliphatic hydroxyl groups excluding tert-OH is 1. The minimum Gasteiger partial charge on any atom is -0.392 e. The molecule has 0 amide bonds. The van der Waals surface area contributed by atoms with Crippen LogP contribution >= 0.6 is 15.9 Å². The molecule has 1 N–H and O–H groups in total. The van der Waals surface area contributed by atoms with Crippen molar-refractivity contribution in [1.29, 1.82) is 0 Å². The van der Waals surface area contributed by atoms with Crippen LogP contribution < -0.4 is 0 Å². The summed E-state index contributed by atoms with van der Waals surface area (Å²) in [7, 11) is 0. The van der Waals surface area contributed by atoms with Gasteiger partial charge in [-0.2, -0.15) is 0 Å². The van der Waals surface area contributed by atoms with E-state index in [1.165, 1.54) is 22.3 Å². The fourth-order valence-corrected chi connectivity index (χ4v) is 5.13. The van der Waals surface area contributed by atoms with Crippen LogP contribution in [0.4, 0.5) is 0 Å². The van der Waals surface area contributed by atoms with Crippen molar-refractivity contribution in [3.63, 3.8) is 0 Å². The van der Waals surface area contributed by atoms with Crippen LogP contribution in [0.15, 0.2) is 48.5 Å². The molecule has 0 fully saturated rings. The molecule has 0 spiro atoms. The summed E-state index contributed by atoms with van der Waals surface area (Å²) in [6.45, 7) is 2.17. The highest BCUT2D eigenvalue weighted by Crippen LogP contribution is 2.54. The molecule has 5 rings (SSSR count). The van der Waals surface area contributed by atoms with Crippen molar-refractivity contribution in [1.82, 2.24) is 0 Å². The molecule has 1 nitrogen and oxygen atoms in total. The summed E-state index contributed by atoms with van der Waals surface area (Å²) in [5.41, 5.74) is 5.54. The lowest BCUT2D eigenvalue weighted by Crippen LogP contribution is -2.30. The molecule has 2 bridgehead atoms. The number of hydrogen-bond acceptors (Lipinski definition) is 1. The number of alkyl halides is 1. The van der Waals surface area contributed by atoms with E-state index in [1.54, 1.807) is 0 Å². The predicted molar refractivity (Wildman–Crippen MR) is 84.5 cm³/mol. The molecule has 0 aromatic heterocycles. The zero-order chi connectivity index (χ0) is 13.9. The number of fused-ring (bicyclic) bond motifs is 2. The van der Waals surface area contributed by atoms with Gasteiger partial charge in [0.25, 0.3) is 0 Å². The molecule has 0 aliphatic heterocycles. The van der Waals surface area contributed by atoms with Crippen molar-refractivity contribution in [3.8, 4) is 0 Å². The predicted octanol–water partition coefficient (Wildman–Crippen LogP) is 4.04.